The zero-order chi connectivity index (χ0) is 29.9. The van der Waals surface area contributed by atoms with Crippen molar-refractivity contribution in [1.82, 2.24) is 21.3 Å². The Balaban J connectivity index is 5.72. The molecule has 0 aromatic heterocycles. The fourth-order valence-corrected chi connectivity index (χ4v) is 3.27. The van der Waals surface area contributed by atoms with E-state index in [1.54, 1.807) is 41.5 Å². The van der Waals surface area contributed by atoms with Crippen molar-refractivity contribution in [2.24, 2.45) is 23.5 Å². The van der Waals surface area contributed by atoms with E-state index in [1.165, 1.54) is 0 Å². The van der Waals surface area contributed by atoms with Crippen LogP contribution in [0.15, 0.2) is 0 Å². The predicted molar refractivity (Wildman–Crippen MR) is 132 cm³/mol. The molecule has 0 aromatic rings. The maximum absolute atomic E-state index is 13.1. The van der Waals surface area contributed by atoms with Crippen LogP contribution in [-0.2, 0) is 33.6 Å². The lowest BCUT2D eigenvalue weighted by atomic mass is 9.98. The summed E-state index contributed by atoms with van der Waals surface area (Å²) >= 11 is 0. The van der Waals surface area contributed by atoms with E-state index in [9.17, 15) is 38.7 Å². The third-order valence-corrected chi connectivity index (χ3v) is 5.47. The fourth-order valence-electron chi connectivity index (χ4n) is 3.27. The highest BCUT2D eigenvalue weighted by Crippen LogP contribution is 2.10. The Morgan fingerprint density at radius 1 is 0.553 bits per heavy atom. The Labute approximate surface area is 220 Å². The van der Waals surface area contributed by atoms with Gasteiger partial charge in [0, 0.05) is 0 Å². The molecule has 0 bridgehead atoms. The van der Waals surface area contributed by atoms with Crippen molar-refractivity contribution in [3.8, 4) is 0 Å². The number of nitrogens with two attached hydrogens (primary N) is 1. The third kappa shape index (κ3) is 11.5. The van der Waals surface area contributed by atoms with E-state index in [0.717, 1.165) is 0 Å². The van der Waals surface area contributed by atoms with Gasteiger partial charge in [-0.05, 0) is 17.8 Å². The highest BCUT2D eigenvalue weighted by atomic mass is 16.4. The van der Waals surface area contributed by atoms with Crippen LogP contribution in [0, 0.1) is 17.8 Å². The molecule has 216 valence electrons. The van der Waals surface area contributed by atoms with E-state index < -0.39 is 102 Å². The molecule has 0 aliphatic carbocycles. The second-order valence-corrected chi connectivity index (χ2v) is 9.89. The minimum absolute atomic E-state index is 0.437. The first kappa shape index (κ1) is 34.2. The van der Waals surface area contributed by atoms with E-state index in [0.29, 0.717) is 0 Å². The molecule has 5 atom stereocenters. The monoisotopic (exact) mass is 545 g/mol. The largest absolute Gasteiger partial charge is 0.481 e. The van der Waals surface area contributed by atoms with Crippen molar-refractivity contribution in [1.29, 1.82) is 0 Å². The van der Waals surface area contributed by atoms with Crippen LogP contribution in [0.4, 0.5) is 0 Å². The van der Waals surface area contributed by atoms with Crippen molar-refractivity contribution in [3.63, 3.8) is 0 Å². The molecule has 0 heterocycles. The second-order valence-electron chi connectivity index (χ2n) is 9.89. The number of hydrogen-bond donors (Lipinski definition) is 8. The summed E-state index contributed by atoms with van der Waals surface area (Å²) in [5.41, 5.74) is 5.47. The molecule has 0 unspecified atom stereocenters. The number of aliphatic carboxylic acids is 3. The normalized spacial score (nSPS) is 15.1. The molecule has 0 spiro atoms. The lowest BCUT2D eigenvalue weighted by Gasteiger charge is -2.29. The molecule has 0 aliphatic rings. The summed E-state index contributed by atoms with van der Waals surface area (Å²) in [5, 5.41) is 36.6. The van der Waals surface area contributed by atoms with Gasteiger partial charge in [0.05, 0.1) is 18.9 Å². The zero-order valence-electron chi connectivity index (χ0n) is 22.3. The number of nitrogens with one attached hydrogen (secondary N) is 4. The minimum Gasteiger partial charge on any atom is -0.481 e. The van der Waals surface area contributed by atoms with Gasteiger partial charge in [-0.2, -0.15) is 0 Å². The quantitative estimate of drug-likeness (QED) is 0.108. The molecule has 38 heavy (non-hydrogen) atoms. The maximum atomic E-state index is 13.1. The molecule has 4 amide bonds. The average Bonchev–Trinajstić information content (AvgIpc) is 2.76. The molecular formula is C23H39N5O10. The summed E-state index contributed by atoms with van der Waals surface area (Å²) in [7, 11) is 0. The van der Waals surface area contributed by atoms with E-state index in [1.807, 2.05) is 0 Å². The van der Waals surface area contributed by atoms with Gasteiger partial charge in [0.2, 0.25) is 23.6 Å². The van der Waals surface area contributed by atoms with Gasteiger partial charge in [0.15, 0.2) is 0 Å². The van der Waals surface area contributed by atoms with Crippen molar-refractivity contribution in [2.75, 3.05) is 0 Å². The van der Waals surface area contributed by atoms with Crippen LogP contribution in [0.3, 0.4) is 0 Å². The van der Waals surface area contributed by atoms with Gasteiger partial charge in [0.25, 0.3) is 0 Å². The van der Waals surface area contributed by atoms with Gasteiger partial charge in [-0.25, -0.2) is 4.79 Å². The number of hydrogen-bond acceptors (Lipinski definition) is 8. The van der Waals surface area contributed by atoms with Crippen molar-refractivity contribution >= 4 is 41.5 Å². The fraction of sp³-hybridized carbons (Fsp3) is 0.696. The molecule has 0 rings (SSSR count). The lowest BCUT2D eigenvalue weighted by molar-refractivity contribution is -0.144. The Hall–Kier alpha value is -3.75. The topological polar surface area (TPSA) is 254 Å². The van der Waals surface area contributed by atoms with Crippen molar-refractivity contribution in [2.45, 2.75) is 84.6 Å². The third-order valence-electron chi connectivity index (χ3n) is 5.47. The Bertz CT molecular complexity index is 905. The minimum atomic E-state index is -1.68. The average molecular weight is 546 g/mol. The zero-order valence-corrected chi connectivity index (χ0v) is 22.3. The summed E-state index contributed by atoms with van der Waals surface area (Å²) in [5.74, 6) is -9.23. The van der Waals surface area contributed by atoms with E-state index in [-0.39, 0.29) is 0 Å². The van der Waals surface area contributed by atoms with E-state index in [2.05, 4.69) is 21.3 Å². The highest BCUT2D eigenvalue weighted by molar-refractivity contribution is 5.97. The lowest BCUT2D eigenvalue weighted by Crippen LogP contribution is -2.61. The first-order valence-corrected chi connectivity index (χ1v) is 12.0. The standard InChI is InChI=1S/C23H39N5O10/c1-9(2)16(21(35)27-17(10(3)4)22(36)28-18(11(5)6)23(37)38)26-20(34)13(8-15(31)32)25-19(33)12(24)7-14(29)30/h9-13,16-18H,7-8,24H2,1-6H3,(H,25,33)(H,26,34)(H,27,35)(H,28,36)(H,29,30)(H,31,32)(H,37,38)/t12-,13-,16-,17-,18-/m0/s1. The smallest absolute Gasteiger partial charge is 0.326 e. The van der Waals surface area contributed by atoms with Crippen LogP contribution in [0.2, 0.25) is 0 Å². The van der Waals surface area contributed by atoms with Crippen molar-refractivity contribution < 1.29 is 48.9 Å². The first-order valence-electron chi connectivity index (χ1n) is 12.0. The SMILES string of the molecule is CC(C)[C@H](NC(=O)[C@@H](NC(=O)[C@@H](NC(=O)[C@H](CC(=O)O)NC(=O)[C@@H](N)CC(=O)O)C(C)C)C(C)C)C(=O)O. The highest BCUT2D eigenvalue weighted by Gasteiger charge is 2.35. The van der Waals surface area contributed by atoms with Gasteiger partial charge in [-0.15, -0.1) is 0 Å². The Morgan fingerprint density at radius 3 is 1.26 bits per heavy atom. The molecular weight excluding hydrogens is 506 g/mol. The van der Waals surface area contributed by atoms with E-state index in [4.69, 9.17) is 15.9 Å². The van der Waals surface area contributed by atoms with Crippen LogP contribution >= 0.6 is 0 Å². The van der Waals surface area contributed by atoms with Crippen LogP contribution < -0.4 is 27.0 Å². The van der Waals surface area contributed by atoms with Gasteiger partial charge in [-0.3, -0.25) is 28.8 Å². The Kier molecular flexibility index (Phi) is 14.0. The van der Waals surface area contributed by atoms with Gasteiger partial charge >= 0.3 is 17.9 Å². The number of rotatable bonds is 16. The van der Waals surface area contributed by atoms with Gasteiger partial charge in [0.1, 0.15) is 24.2 Å². The molecule has 0 aliphatic heterocycles. The number of carbonyl (C=O) groups excluding carboxylic acids is 4. The molecule has 0 aromatic carbocycles. The molecule has 15 nitrogen and oxygen atoms in total. The second kappa shape index (κ2) is 15.5. The first-order chi connectivity index (χ1) is 17.4. The molecule has 0 saturated heterocycles. The summed E-state index contributed by atoms with van der Waals surface area (Å²) in [6.07, 6.45) is -1.64. The Morgan fingerprint density at radius 2 is 0.921 bits per heavy atom. The number of amides is 4. The van der Waals surface area contributed by atoms with E-state index >= 15 is 0 Å². The van der Waals surface area contributed by atoms with Gasteiger partial charge in [-0.1, -0.05) is 41.5 Å². The number of carbonyl (C=O) groups is 7. The van der Waals surface area contributed by atoms with Crippen LogP contribution in [-0.4, -0.2) is 87.1 Å². The van der Waals surface area contributed by atoms with Crippen LogP contribution in [0.1, 0.15) is 54.4 Å². The molecule has 0 radical (unpaired) electrons. The predicted octanol–water partition coefficient (Wildman–Crippen LogP) is -1.75. The molecule has 9 N–H and O–H groups in total. The molecule has 0 saturated carbocycles. The summed E-state index contributed by atoms with van der Waals surface area (Å²) in [6.45, 7) is 9.60. The summed E-state index contributed by atoms with van der Waals surface area (Å²) in [6, 6.07) is -6.87. The summed E-state index contributed by atoms with van der Waals surface area (Å²) < 4.78 is 0. The summed E-state index contributed by atoms with van der Waals surface area (Å²) in [4.78, 5) is 84.4. The number of carboxylic acid groups (broad SMARTS) is 3. The maximum Gasteiger partial charge on any atom is 0.326 e. The molecule has 15 heteroatoms. The van der Waals surface area contributed by atoms with Crippen LogP contribution in [0.5, 0.6) is 0 Å². The van der Waals surface area contributed by atoms with Crippen LogP contribution in [0.25, 0.3) is 0 Å². The van der Waals surface area contributed by atoms with Gasteiger partial charge < -0.3 is 42.3 Å². The number of carboxylic acids is 3. The van der Waals surface area contributed by atoms with Crippen molar-refractivity contribution in [3.05, 3.63) is 0 Å². The molecule has 0 fully saturated rings.